The maximum Gasteiger partial charge on any atom is 0.192 e. The fourth-order valence-electron chi connectivity index (χ4n) is 2.68. The Morgan fingerprint density at radius 1 is 1.25 bits per heavy atom. The van der Waals surface area contributed by atoms with Crippen molar-refractivity contribution in [2.45, 2.75) is 11.4 Å². The van der Waals surface area contributed by atoms with Crippen LogP contribution in [-0.4, -0.2) is 34.1 Å². The minimum Gasteiger partial charge on any atom is -0.384 e. The van der Waals surface area contributed by atoms with Crippen LogP contribution in [0, 0.1) is 11.3 Å². The second-order valence-electron chi connectivity index (χ2n) is 5.97. The van der Waals surface area contributed by atoms with E-state index in [0.717, 1.165) is 28.1 Å². The van der Waals surface area contributed by atoms with Gasteiger partial charge < -0.3 is 4.74 Å². The van der Waals surface area contributed by atoms with Crippen LogP contribution in [0.4, 0.5) is 0 Å². The molecule has 0 spiro atoms. The van der Waals surface area contributed by atoms with Crippen LogP contribution >= 0.6 is 23.1 Å². The van der Waals surface area contributed by atoms with E-state index in [1.807, 2.05) is 53.9 Å². The van der Waals surface area contributed by atoms with Gasteiger partial charge in [0.2, 0.25) is 0 Å². The van der Waals surface area contributed by atoms with Crippen LogP contribution in [-0.2, 0) is 15.9 Å². The zero-order valence-electron chi connectivity index (χ0n) is 15.5. The van der Waals surface area contributed by atoms with E-state index in [1.165, 1.54) is 11.8 Å². The molecule has 28 heavy (non-hydrogen) atoms. The molecule has 0 aliphatic heterocycles. The Hall–Kier alpha value is -1.82. The molecule has 0 amide bonds. The van der Waals surface area contributed by atoms with Crippen LogP contribution in [0.15, 0.2) is 58.9 Å². The van der Waals surface area contributed by atoms with Gasteiger partial charge in [0, 0.05) is 19.1 Å². The highest BCUT2D eigenvalue weighted by molar-refractivity contribution is 8.12. The molecule has 0 aliphatic rings. The number of benzene rings is 1. The van der Waals surface area contributed by atoms with E-state index in [1.54, 1.807) is 18.4 Å². The average molecular weight is 430 g/mol. The number of hydrogen-bond acceptors (Lipinski definition) is 6. The lowest BCUT2D eigenvalue weighted by Crippen LogP contribution is -2.10. The lowest BCUT2D eigenvalue weighted by molar-refractivity contribution is 0.199. The molecule has 0 bridgehead atoms. The number of ether oxygens (including phenoxy) is 1. The number of aromatic nitrogens is 1. The summed E-state index contributed by atoms with van der Waals surface area (Å²) in [5.41, 5.74) is 3.28. The number of nitrogens with zero attached hydrogens (tertiary/aromatic N) is 2. The van der Waals surface area contributed by atoms with Crippen molar-refractivity contribution in [2.24, 2.45) is 0 Å². The van der Waals surface area contributed by atoms with Crippen molar-refractivity contribution in [3.63, 3.8) is 0 Å². The highest BCUT2D eigenvalue weighted by Gasteiger charge is 2.21. The molecule has 4 nitrogen and oxygen atoms in total. The van der Waals surface area contributed by atoms with Crippen molar-refractivity contribution in [3.05, 3.63) is 59.5 Å². The summed E-state index contributed by atoms with van der Waals surface area (Å²) < 4.78 is 15.3. The van der Waals surface area contributed by atoms with Crippen molar-refractivity contribution in [3.8, 4) is 27.8 Å². The fourth-order valence-corrected chi connectivity index (χ4v) is 5.74. The Morgan fingerprint density at radius 3 is 2.75 bits per heavy atom. The molecule has 1 atom stereocenters. The van der Waals surface area contributed by atoms with Gasteiger partial charge in [0.05, 0.1) is 22.7 Å². The predicted octanol–water partition coefficient (Wildman–Crippen LogP) is 5.53. The SMILES string of the molecule is COCCC[S+](O)CSc1nc(-c2cccs2)cc(-c2ccccc2)c1C#N. The van der Waals surface area contributed by atoms with Crippen LogP contribution in [0.1, 0.15) is 12.0 Å². The van der Waals surface area contributed by atoms with Gasteiger partial charge in [-0.3, -0.25) is 0 Å². The molecule has 0 radical (unpaired) electrons. The molecule has 2 aromatic heterocycles. The van der Waals surface area contributed by atoms with Crippen molar-refractivity contribution < 1.29 is 9.29 Å². The van der Waals surface area contributed by atoms with E-state index in [-0.39, 0.29) is 0 Å². The number of rotatable bonds is 9. The molecular formula is C21H21N2O2S3+. The van der Waals surface area contributed by atoms with Gasteiger partial charge in [0.15, 0.2) is 16.3 Å². The second kappa shape index (κ2) is 10.6. The summed E-state index contributed by atoms with van der Waals surface area (Å²) in [6.07, 6.45) is 0.819. The number of hydrogen-bond donors (Lipinski definition) is 1. The topological polar surface area (TPSA) is 66.1 Å². The Morgan fingerprint density at radius 2 is 2.07 bits per heavy atom. The summed E-state index contributed by atoms with van der Waals surface area (Å²) in [4.78, 5) is 5.82. The normalized spacial score (nSPS) is 11.9. The van der Waals surface area contributed by atoms with E-state index < -0.39 is 11.2 Å². The lowest BCUT2D eigenvalue weighted by atomic mass is 10.0. The van der Waals surface area contributed by atoms with Gasteiger partial charge in [-0.1, -0.05) is 36.4 Å². The van der Waals surface area contributed by atoms with Gasteiger partial charge in [-0.15, -0.1) is 11.3 Å². The van der Waals surface area contributed by atoms with Gasteiger partial charge in [-0.25, -0.2) is 4.98 Å². The first kappa shape index (κ1) is 20.9. The first-order chi connectivity index (χ1) is 13.7. The maximum atomic E-state index is 10.3. The summed E-state index contributed by atoms with van der Waals surface area (Å²) in [5.74, 6) is 0.693. The standard InChI is InChI=1S/C21H21N2O2S3/c1-25-10-6-12-28(24)15-27-21-18(14-22)17(16-7-3-2-4-8-16)13-19(23-21)20-9-5-11-26-20/h2-5,7-9,11,13,24H,6,10,12,15H2,1H3/q+1. The zero-order valence-corrected chi connectivity index (χ0v) is 17.9. The van der Waals surface area contributed by atoms with E-state index >= 15 is 0 Å². The second-order valence-corrected chi connectivity index (χ2v) is 9.86. The summed E-state index contributed by atoms with van der Waals surface area (Å²) in [5, 5.41) is 13.1. The highest BCUT2D eigenvalue weighted by atomic mass is 32.3. The number of methoxy groups -OCH3 is 1. The summed E-state index contributed by atoms with van der Waals surface area (Å²) in [6, 6.07) is 18.3. The van der Waals surface area contributed by atoms with Crippen molar-refractivity contribution in [1.29, 1.82) is 5.26 Å². The van der Waals surface area contributed by atoms with Gasteiger partial charge in [-0.2, -0.15) is 9.81 Å². The summed E-state index contributed by atoms with van der Waals surface area (Å²) >= 11 is 2.33. The molecule has 3 rings (SSSR count). The molecular weight excluding hydrogens is 408 g/mol. The third-order valence-electron chi connectivity index (χ3n) is 4.02. The Kier molecular flexibility index (Phi) is 7.95. The molecule has 2 heterocycles. The Labute approximate surface area is 176 Å². The van der Waals surface area contributed by atoms with Crippen molar-refractivity contribution in [1.82, 2.24) is 4.98 Å². The van der Waals surface area contributed by atoms with E-state index in [2.05, 4.69) is 6.07 Å². The third-order valence-corrected chi connectivity index (χ3v) is 7.80. The molecule has 0 saturated heterocycles. The number of thioether (sulfide) groups is 1. The lowest BCUT2D eigenvalue weighted by Gasteiger charge is -2.11. The highest BCUT2D eigenvalue weighted by Crippen LogP contribution is 2.35. The zero-order chi connectivity index (χ0) is 19.8. The minimum atomic E-state index is -0.741. The van der Waals surface area contributed by atoms with Crippen LogP contribution < -0.4 is 0 Å². The van der Waals surface area contributed by atoms with Crippen LogP contribution in [0.2, 0.25) is 0 Å². The predicted molar refractivity (Wildman–Crippen MR) is 120 cm³/mol. The number of nitriles is 1. The first-order valence-corrected chi connectivity index (χ1v) is 12.1. The van der Waals surface area contributed by atoms with Gasteiger partial charge in [0.25, 0.3) is 0 Å². The summed E-state index contributed by atoms with van der Waals surface area (Å²) in [6.45, 7) is 0.641. The quantitative estimate of drug-likeness (QED) is 0.275. The molecule has 0 aliphatic carbocycles. The van der Waals surface area contributed by atoms with Gasteiger partial charge in [-0.05, 0) is 34.8 Å². The molecule has 3 aromatic rings. The summed E-state index contributed by atoms with van der Waals surface area (Å²) in [7, 11) is 1.66. The van der Waals surface area contributed by atoms with Crippen LogP contribution in [0.25, 0.3) is 21.7 Å². The average Bonchev–Trinajstić information content (AvgIpc) is 3.27. The van der Waals surface area contributed by atoms with Crippen molar-refractivity contribution in [2.75, 3.05) is 24.6 Å². The van der Waals surface area contributed by atoms with Gasteiger partial charge >= 0.3 is 0 Å². The number of pyridine rings is 1. The van der Waals surface area contributed by atoms with Gasteiger partial charge in [0.1, 0.15) is 16.8 Å². The first-order valence-electron chi connectivity index (χ1n) is 8.75. The number of thiophene rings is 1. The molecule has 144 valence electrons. The fraction of sp³-hybridized carbons (Fsp3) is 0.238. The van der Waals surface area contributed by atoms with E-state index in [9.17, 15) is 9.81 Å². The molecule has 1 N–H and O–H groups in total. The van der Waals surface area contributed by atoms with Crippen LogP contribution in [0.3, 0.4) is 0 Å². The monoisotopic (exact) mass is 429 g/mol. The van der Waals surface area contributed by atoms with E-state index in [0.29, 0.717) is 28.0 Å². The molecule has 7 heteroatoms. The molecule has 0 fully saturated rings. The Balaban J connectivity index is 1.94. The molecule has 1 aromatic carbocycles. The third kappa shape index (κ3) is 5.37. The van der Waals surface area contributed by atoms with Crippen LogP contribution in [0.5, 0.6) is 0 Å². The largest absolute Gasteiger partial charge is 0.384 e. The Bertz CT molecular complexity index is 925. The minimum absolute atomic E-state index is 0.521. The van der Waals surface area contributed by atoms with Crippen molar-refractivity contribution >= 4 is 34.3 Å². The maximum absolute atomic E-state index is 10.3. The molecule has 0 saturated carbocycles. The smallest absolute Gasteiger partial charge is 0.192 e. The van der Waals surface area contributed by atoms with E-state index in [4.69, 9.17) is 9.72 Å². The molecule has 1 unspecified atom stereocenters.